The lowest BCUT2D eigenvalue weighted by atomic mass is 10.2. The van der Waals surface area contributed by atoms with E-state index in [1.165, 1.54) is 0 Å². The van der Waals surface area contributed by atoms with Crippen molar-refractivity contribution in [2.75, 3.05) is 57.5 Å². The number of hydrogen-bond donors (Lipinski definition) is 0. The van der Waals surface area contributed by atoms with Gasteiger partial charge in [-0.05, 0) is 24.3 Å². The van der Waals surface area contributed by atoms with Crippen LogP contribution in [0.3, 0.4) is 0 Å². The second kappa shape index (κ2) is 6.22. The maximum atomic E-state index is 12.7. The highest BCUT2D eigenvalue weighted by Crippen LogP contribution is 2.22. The van der Waals surface area contributed by atoms with Crippen LogP contribution in [0.2, 0.25) is 0 Å². The predicted molar refractivity (Wildman–Crippen MR) is 87.2 cm³/mol. The Labute approximate surface area is 135 Å². The number of pyridine rings is 1. The van der Waals surface area contributed by atoms with Crippen LogP contribution in [-0.4, -0.2) is 67.8 Å². The van der Waals surface area contributed by atoms with E-state index >= 15 is 0 Å². The van der Waals surface area contributed by atoms with Gasteiger partial charge in [0.2, 0.25) is 0 Å². The van der Waals surface area contributed by atoms with Crippen molar-refractivity contribution in [3.63, 3.8) is 0 Å². The molecule has 2 aromatic rings. The Hall–Kier alpha value is -2.05. The fourth-order valence-corrected chi connectivity index (χ4v) is 3.21. The number of rotatable bonds is 2. The molecule has 0 spiro atoms. The molecule has 2 aliphatic rings. The molecule has 1 amide bonds. The summed E-state index contributed by atoms with van der Waals surface area (Å²) in [7, 11) is 0. The van der Waals surface area contributed by atoms with Crippen LogP contribution in [0.1, 0.15) is 10.4 Å². The van der Waals surface area contributed by atoms with E-state index in [-0.39, 0.29) is 5.91 Å². The van der Waals surface area contributed by atoms with E-state index in [0.717, 1.165) is 43.2 Å². The van der Waals surface area contributed by atoms with Crippen molar-refractivity contribution >= 4 is 17.2 Å². The molecule has 4 heterocycles. The molecule has 0 aliphatic carbocycles. The first-order chi connectivity index (χ1) is 11.3. The number of fused-ring (bicyclic) bond motifs is 1. The lowest BCUT2D eigenvalue weighted by Gasteiger charge is -2.29. The summed E-state index contributed by atoms with van der Waals surface area (Å²) in [6, 6.07) is 8.13. The predicted octanol–water partition coefficient (Wildman–Crippen LogP) is 1.25. The van der Waals surface area contributed by atoms with Crippen LogP contribution >= 0.6 is 0 Å². The maximum Gasteiger partial charge on any atom is 0.255 e. The number of aromatic nitrogens is 1. The molecule has 0 aromatic carbocycles. The zero-order valence-corrected chi connectivity index (χ0v) is 13.1. The molecule has 2 aromatic heterocycles. The number of amides is 1. The number of nitrogens with zero attached hydrogens (tertiary/aromatic N) is 3. The number of hydrogen-bond acceptors (Lipinski definition) is 4. The summed E-state index contributed by atoms with van der Waals surface area (Å²) < 4.78 is 12.9. The quantitative estimate of drug-likeness (QED) is 0.837. The van der Waals surface area contributed by atoms with Crippen molar-refractivity contribution in [1.29, 1.82) is 0 Å². The van der Waals surface area contributed by atoms with Crippen LogP contribution in [0.15, 0.2) is 30.5 Å². The van der Waals surface area contributed by atoms with Gasteiger partial charge >= 0.3 is 0 Å². The second-order valence-electron chi connectivity index (χ2n) is 5.91. The summed E-state index contributed by atoms with van der Waals surface area (Å²) in [5.41, 5.74) is 1.83. The Kier molecular flexibility index (Phi) is 3.93. The Morgan fingerprint density at radius 2 is 1.52 bits per heavy atom. The number of morpholine rings is 2. The SMILES string of the molecule is O=C(c1ccc2ccc(N3CCOCC3)n2c1)N1CCOCC1. The van der Waals surface area contributed by atoms with Gasteiger partial charge in [-0.1, -0.05) is 0 Å². The van der Waals surface area contributed by atoms with E-state index < -0.39 is 0 Å². The first-order valence-electron chi connectivity index (χ1n) is 8.14. The molecule has 0 atom stereocenters. The standard InChI is InChI=1S/C17H21N3O3/c21-17(19-7-11-23-12-8-19)14-1-2-15-3-4-16(20(15)13-14)18-5-9-22-10-6-18/h1-4,13H,5-12H2. The molecule has 6 heteroatoms. The highest BCUT2D eigenvalue weighted by molar-refractivity contribution is 5.94. The first-order valence-corrected chi connectivity index (χ1v) is 8.14. The topological polar surface area (TPSA) is 46.4 Å². The molecule has 2 fully saturated rings. The van der Waals surface area contributed by atoms with Gasteiger partial charge in [-0.2, -0.15) is 0 Å². The van der Waals surface area contributed by atoms with Gasteiger partial charge in [0, 0.05) is 37.9 Å². The molecule has 2 saturated heterocycles. The monoisotopic (exact) mass is 315 g/mol. The molecule has 0 saturated carbocycles. The summed E-state index contributed by atoms with van der Waals surface area (Å²) in [5, 5.41) is 0. The third kappa shape index (κ3) is 2.80. The van der Waals surface area contributed by atoms with Crippen LogP contribution in [0.4, 0.5) is 5.82 Å². The van der Waals surface area contributed by atoms with Gasteiger partial charge in [-0.25, -0.2) is 0 Å². The summed E-state index contributed by atoms with van der Waals surface area (Å²) in [6.45, 7) is 5.84. The lowest BCUT2D eigenvalue weighted by Crippen LogP contribution is -2.40. The van der Waals surface area contributed by atoms with Gasteiger partial charge in [0.25, 0.3) is 5.91 Å². The van der Waals surface area contributed by atoms with E-state index in [4.69, 9.17) is 9.47 Å². The fraction of sp³-hybridized carbons (Fsp3) is 0.471. The van der Waals surface area contributed by atoms with Crippen molar-refractivity contribution in [3.8, 4) is 0 Å². The number of carbonyl (C=O) groups is 1. The average Bonchev–Trinajstić information content (AvgIpc) is 3.05. The lowest BCUT2D eigenvalue weighted by molar-refractivity contribution is 0.0302. The summed E-state index contributed by atoms with van der Waals surface area (Å²) >= 11 is 0. The van der Waals surface area contributed by atoms with Crippen molar-refractivity contribution in [3.05, 3.63) is 36.0 Å². The van der Waals surface area contributed by atoms with Crippen LogP contribution in [0.25, 0.3) is 5.52 Å². The van der Waals surface area contributed by atoms with E-state index in [2.05, 4.69) is 21.4 Å². The Balaban J connectivity index is 1.64. The van der Waals surface area contributed by atoms with Crippen molar-refractivity contribution < 1.29 is 14.3 Å². The average molecular weight is 315 g/mol. The molecule has 0 unspecified atom stereocenters. The van der Waals surface area contributed by atoms with Crippen molar-refractivity contribution in [2.24, 2.45) is 0 Å². The highest BCUT2D eigenvalue weighted by Gasteiger charge is 2.20. The molecule has 6 nitrogen and oxygen atoms in total. The molecule has 0 bridgehead atoms. The summed E-state index contributed by atoms with van der Waals surface area (Å²) in [6.07, 6.45) is 1.96. The molecule has 23 heavy (non-hydrogen) atoms. The van der Waals surface area contributed by atoms with E-state index in [0.29, 0.717) is 26.3 Å². The zero-order chi connectivity index (χ0) is 15.6. The number of ether oxygens (including phenoxy) is 2. The Bertz CT molecular complexity index is 700. The molecule has 2 aliphatic heterocycles. The summed E-state index contributed by atoms with van der Waals surface area (Å²) in [4.78, 5) is 16.8. The van der Waals surface area contributed by atoms with Gasteiger partial charge in [0.1, 0.15) is 5.82 Å². The molecular weight excluding hydrogens is 294 g/mol. The summed E-state index contributed by atoms with van der Waals surface area (Å²) in [5.74, 6) is 1.21. The fourth-order valence-electron chi connectivity index (χ4n) is 3.21. The van der Waals surface area contributed by atoms with Crippen molar-refractivity contribution in [2.45, 2.75) is 0 Å². The van der Waals surface area contributed by atoms with Gasteiger partial charge in [-0.15, -0.1) is 0 Å². The largest absolute Gasteiger partial charge is 0.378 e. The van der Waals surface area contributed by atoms with E-state index in [1.54, 1.807) is 0 Å². The number of carbonyl (C=O) groups excluding carboxylic acids is 1. The second-order valence-corrected chi connectivity index (χ2v) is 5.91. The third-order valence-electron chi connectivity index (χ3n) is 4.51. The number of anilines is 1. The smallest absolute Gasteiger partial charge is 0.255 e. The van der Waals surface area contributed by atoms with E-state index in [9.17, 15) is 4.79 Å². The Morgan fingerprint density at radius 1 is 0.870 bits per heavy atom. The molecule has 0 radical (unpaired) electrons. The van der Waals surface area contributed by atoms with Gasteiger partial charge < -0.3 is 23.7 Å². The van der Waals surface area contributed by atoms with Gasteiger partial charge in [0.05, 0.1) is 32.0 Å². The zero-order valence-electron chi connectivity index (χ0n) is 13.1. The van der Waals surface area contributed by atoms with Gasteiger partial charge in [0.15, 0.2) is 0 Å². The van der Waals surface area contributed by atoms with Crippen LogP contribution in [0, 0.1) is 0 Å². The van der Waals surface area contributed by atoms with Crippen LogP contribution in [-0.2, 0) is 9.47 Å². The maximum absolute atomic E-state index is 12.7. The Morgan fingerprint density at radius 3 is 2.26 bits per heavy atom. The first kappa shape index (κ1) is 14.5. The highest BCUT2D eigenvalue weighted by atomic mass is 16.5. The molecular formula is C17H21N3O3. The minimum atomic E-state index is 0.0804. The molecule has 122 valence electrons. The van der Waals surface area contributed by atoms with Crippen molar-refractivity contribution in [1.82, 2.24) is 9.30 Å². The third-order valence-corrected chi connectivity index (χ3v) is 4.51. The minimum absolute atomic E-state index is 0.0804. The normalized spacial score (nSPS) is 19.3. The van der Waals surface area contributed by atoms with Crippen LogP contribution in [0.5, 0.6) is 0 Å². The minimum Gasteiger partial charge on any atom is -0.378 e. The molecule has 4 rings (SSSR count). The van der Waals surface area contributed by atoms with E-state index in [1.807, 2.05) is 23.2 Å². The van der Waals surface area contributed by atoms with Crippen LogP contribution < -0.4 is 4.90 Å². The molecule has 0 N–H and O–H groups in total. The van der Waals surface area contributed by atoms with Gasteiger partial charge in [-0.3, -0.25) is 4.79 Å².